The lowest BCUT2D eigenvalue weighted by molar-refractivity contribution is -0.149. The number of aryl methyl sites for hydroxylation is 2. The molecule has 1 aromatic carbocycles. The molecular formula is C30H50N4O5. The molecular weight excluding hydrogens is 496 g/mol. The van der Waals surface area contributed by atoms with Gasteiger partial charge in [-0.25, -0.2) is 4.79 Å². The molecule has 1 rings (SSSR count). The predicted molar refractivity (Wildman–Crippen MR) is 154 cm³/mol. The quantitative estimate of drug-likeness (QED) is 0.326. The zero-order valence-electron chi connectivity index (χ0n) is 25.6. The highest BCUT2D eigenvalue weighted by Crippen LogP contribution is 2.34. The van der Waals surface area contributed by atoms with E-state index in [1.165, 1.54) is 0 Å². The second kappa shape index (κ2) is 14.3. The van der Waals surface area contributed by atoms with E-state index in [-0.39, 0.29) is 24.8 Å². The molecule has 0 bridgehead atoms. The number of ether oxygens (including phenoxy) is 1. The van der Waals surface area contributed by atoms with Gasteiger partial charge >= 0.3 is 6.09 Å². The molecule has 1 aromatic rings. The number of rotatable bonds is 13. The van der Waals surface area contributed by atoms with E-state index in [2.05, 4.69) is 10.6 Å². The van der Waals surface area contributed by atoms with Crippen molar-refractivity contribution in [3.05, 3.63) is 34.9 Å². The van der Waals surface area contributed by atoms with Crippen molar-refractivity contribution in [2.45, 2.75) is 131 Å². The monoisotopic (exact) mass is 546 g/mol. The Bertz CT molecular complexity index is 1020. The summed E-state index contributed by atoms with van der Waals surface area (Å²) in [4.78, 5) is 54.4. The molecule has 0 aromatic heterocycles. The number of primary amides is 1. The fourth-order valence-electron chi connectivity index (χ4n) is 4.46. The molecule has 0 radical (unpaired) electrons. The van der Waals surface area contributed by atoms with Gasteiger partial charge in [0.1, 0.15) is 17.7 Å². The summed E-state index contributed by atoms with van der Waals surface area (Å²) < 4.78 is 5.41. The van der Waals surface area contributed by atoms with Crippen molar-refractivity contribution in [2.75, 3.05) is 0 Å². The molecule has 0 aliphatic carbocycles. The van der Waals surface area contributed by atoms with E-state index in [1.807, 2.05) is 66.7 Å². The standard InChI is InChI=1S/C30H50N4O5/c1-11-13-21(5)32-26(36)25(22-15-14-19(3)18-20(22)4)34(30(9,10)12-2)27(37)23(16-17-24(31)35)33-28(38)39-29(6,7)8/h14-15,18,21,23,25H,11-13,16-17H2,1-10H3,(H2,31,35)(H,32,36)(H,33,38). The summed E-state index contributed by atoms with van der Waals surface area (Å²) in [5.41, 5.74) is 6.43. The normalized spacial score (nSPS) is 14.1. The van der Waals surface area contributed by atoms with Crippen LogP contribution in [0, 0.1) is 13.8 Å². The Balaban J connectivity index is 3.73. The highest BCUT2D eigenvalue weighted by atomic mass is 16.6. The van der Waals surface area contributed by atoms with Gasteiger partial charge in [-0.2, -0.15) is 0 Å². The van der Waals surface area contributed by atoms with Crippen molar-refractivity contribution in [3.63, 3.8) is 0 Å². The van der Waals surface area contributed by atoms with Crippen LogP contribution in [0.25, 0.3) is 0 Å². The predicted octanol–water partition coefficient (Wildman–Crippen LogP) is 4.83. The second-order valence-electron chi connectivity index (χ2n) is 12.0. The van der Waals surface area contributed by atoms with Crippen LogP contribution in [-0.2, 0) is 19.1 Å². The summed E-state index contributed by atoms with van der Waals surface area (Å²) in [6.07, 6.45) is 1.28. The summed E-state index contributed by atoms with van der Waals surface area (Å²) in [7, 11) is 0. The smallest absolute Gasteiger partial charge is 0.408 e. The molecule has 0 aliphatic rings. The highest BCUT2D eigenvalue weighted by molar-refractivity contribution is 5.93. The van der Waals surface area contributed by atoms with Gasteiger partial charge in [0, 0.05) is 18.0 Å². The van der Waals surface area contributed by atoms with Crippen LogP contribution in [0.4, 0.5) is 4.79 Å². The first-order chi connectivity index (χ1) is 17.9. The number of nitrogens with two attached hydrogens (primary N) is 1. The fraction of sp³-hybridized carbons (Fsp3) is 0.667. The van der Waals surface area contributed by atoms with E-state index >= 15 is 0 Å². The number of hydrogen-bond acceptors (Lipinski definition) is 5. The fourth-order valence-corrected chi connectivity index (χ4v) is 4.46. The van der Waals surface area contributed by atoms with Crippen molar-refractivity contribution in [2.24, 2.45) is 5.73 Å². The van der Waals surface area contributed by atoms with Crippen molar-refractivity contribution in [3.8, 4) is 0 Å². The number of carbonyl (C=O) groups excluding carboxylic acids is 4. The number of benzene rings is 1. The first kappa shape index (κ1) is 33.9. The van der Waals surface area contributed by atoms with Gasteiger partial charge in [0.2, 0.25) is 17.7 Å². The lowest BCUT2D eigenvalue weighted by atomic mass is 9.89. The maximum Gasteiger partial charge on any atom is 0.408 e. The van der Waals surface area contributed by atoms with Crippen molar-refractivity contribution >= 4 is 23.8 Å². The Morgan fingerprint density at radius 3 is 2.10 bits per heavy atom. The Morgan fingerprint density at radius 2 is 1.62 bits per heavy atom. The Labute approximate surface area is 234 Å². The molecule has 3 atom stereocenters. The van der Waals surface area contributed by atoms with E-state index in [0.29, 0.717) is 12.0 Å². The number of carbonyl (C=O) groups is 4. The first-order valence-corrected chi connectivity index (χ1v) is 13.9. The molecule has 0 saturated carbocycles. The lowest BCUT2D eigenvalue weighted by Crippen LogP contribution is -2.60. The molecule has 0 fully saturated rings. The Hall–Kier alpha value is -3.10. The topological polar surface area (TPSA) is 131 Å². The van der Waals surface area contributed by atoms with E-state index in [9.17, 15) is 19.2 Å². The van der Waals surface area contributed by atoms with E-state index in [1.54, 1.807) is 25.7 Å². The molecule has 4 amide bonds. The molecule has 0 spiro atoms. The van der Waals surface area contributed by atoms with Crippen LogP contribution in [-0.4, -0.2) is 51.9 Å². The average Bonchev–Trinajstić information content (AvgIpc) is 2.78. The van der Waals surface area contributed by atoms with Gasteiger partial charge in [0.15, 0.2) is 0 Å². The third-order valence-corrected chi connectivity index (χ3v) is 6.76. The molecule has 0 saturated heterocycles. The van der Waals surface area contributed by atoms with Crippen LogP contribution in [0.2, 0.25) is 0 Å². The van der Waals surface area contributed by atoms with Gasteiger partial charge in [0.25, 0.3) is 0 Å². The zero-order chi connectivity index (χ0) is 30.1. The maximum absolute atomic E-state index is 14.4. The minimum atomic E-state index is -1.13. The van der Waals surface area contributed by atoms with Crippen LogP contribution in [0.3, 0.4) is 0 Å². The Morgan fingerprint density at radius 1 is 1.00 bits per heavy atom. The van der Waals surface area contributed by atoms with Crippen LogP contribution in [0.15, 0.2) is 18.2 Å². The van der Waals surface area contributed by atoms with Crippen LogP contribution in [0.1, 0.15) is 110 Å². The molecule has 9 heteroatoms. The molecule has 39 heavy (non-hydrogen) atoms. The molecule has 220 valence electrons. The molecule has 0 aliphatic heterocycles. The van der Waals surface area contributed by atoms with Gasteiger partial charge in [-0.3, -0.25) is 14.4 Å². The van der Waals surface area contributed by atoms with E-state index in [4.69, 9.17) is 10.5 Å². The van der Waals surface area contributed by atoms with Gasteiger partial charge in [-0.15, -0.1) is 0 Å². The number of nitrogens with one attached hydrogen (secondary N) is 2. The summed E-state index contributed by atoms with van der Waals surface area (Å²) in [6, 6.07) is 3.59. The minimum absolute atomic E-state index is 0.0306. The van der Waals surface area contributed by atoms with Crippen molar-refractivity contribution < 1.29 is 23.9 Å². The summed E-state index contributed by atoms with van der Waals surface area (Å²) in [5.74, 6) is -1.39. The molecule has 0 heterocycles. The first-order valence-electron chi connectivity index (χ1n) is 13.9. The summed E-state index contributed by atoms with van der Waals surface area (Å²) in [5, 5.41) is 5.74. The average molecular weight is 547 g/mol. The number of amides is 4. The van der Waals surface area contributed by atoms with E-state index in [0.717, 1.165) is 24.0 Å². The summed E-state index contributed by atoms with van der Waals surface area (Å²) in [6.45, 7) is 18.8. The Kier molecular flexibility index (Phi) is 12.5. The van der Waals surface area contributed by atoms with E-state index < -0.39 is 41.1 Å². The highest BCUT2D eigenvalue weighted by Gasteiger charge is 2.43. The molecule has 3 unspecified atom stereocenters. The zero-order valence-corrected chi connectivity index (χ0v) is 25.6. The largest absolute Gasteiger partial charge is 0.444 e. The third-order valence-electron chi connectivity index (χ3n) is 6.76. The molecule has 9 nitrogen and oxygen atoms in total. The van der Waals surface area contributed by atoms with Crippen LogP contribution < -0.4 is 16.4 Å². The molecule has 4 N–H and O–H groups in total. The number of nitrogens with zero attached hydrogens (tertiary/aromatic N) is 1. The number of alkyl carbamates (subject to hydrolysis) is 1. The lowest BCUT2D eigenvalue weighted by Gasteiger charge is -2.45. The van der Waals surface area contributed by atoms with Crippen molar-refractivity contribution in [1.29, 1.82) is 0 Å². The van der Waals surface area contributed by atoms with Crippen molar-refractivity contribution in [1.82, 2.24) is 15.5 Å². The van der Waals surface area contributed by atoms with Gasteiger partial charge in [0.05, 0.1) is 0 Å². The SMILES string of the molecule is CCCC(C)NC(=O)C(c1ccc(C)cc1C)N(C(=O)C(CCC(N)=O)NC(=O)OC(C)(C)C)C(C)(C)CC. The third kappa shape index (κ3) is 10.5. The van der Waals surface area contributed by atoms with Gasteiger partial charge in [-0.05, 0) is 85.8 Å². The number of hydrogen-bond donors (Lipinski definition) is 3. The maximum atomic E-state index is 14.4. The van der Waals surface area contributed by atoms with Gasteiger partial charge in [-0.1, -0.05) is 44.0 Å². The van der Waals surface area contributed by atoms with Crippen LogP contribution >= 0.6 is 0 Å². The minimum Gasteiger partial charge on any atom is -0.444 e. The van der Waals surface area contributed by atoms with Gasteiger partial charge < -0.3 is 26.0 Å². The summed E-state index contributed by atoms with van der Waals surface area (Å²) >= 11 is 0. The van der Waals surface area contributed by atoms with Crippen LogP contribution in [0.5, 0.6) is 0 Å². The second-order valence-corrected chi connectivity index (χ2v) is 12.0.